The summed E-state index contributed by atoms with van der Waals surface area (Å²) in [6.07, 6.45) is 1.66. The van der Waals surface area contributed by atoms with Crippen molar-refractivity contribution in [1.82, 2.24) is 4.98 Å². The summed E-state index contributed by atoms with van der Waals surface area (Å²) in [6.45, 7) is 1.99. The maximum atomic E-state index is 5.93. The molecule has 0 spiro atoms. The van der Waals surface area contributed by atoms with Gasteiger partial charge in [0, 0.05) is 10.6 Å². The molecule has 15 heavy (non-hydrogen) atoms. The number of nitrogen functional groups attached to an aromatic ring is 1. The topological polar surface area (TPSA) is 38.9 Å². The summed E-state index contributed by atoms with van der Waals surface area (Å²) in [5, 5.41) is 0.713. The first kappa shape index (κ1) is 9.99. The Bertz CT molecular complexity index is 495. The highest BCUT2D eigenvalue weighted by Crippen LogP contribution is 2.24. The maximum absolute atomic E-state index is 5.93. The van der Waals surface area contributed by atoms with Crippen LogP contribution in [0.25, 0.3) is 11.3 Å². The van der Waals surface area contributed by atoms with E-state index in [-0.39, 0.29) is 0 Å². The lowest BCUT2D eigenvalue weighted by molar-refractivity contribution is 1.27. The number of halogens is 1. The molecular formula is C12H11ClN2. The van der Waals surface area contributed by atoms with E-state index in [9.17, 15) is 0 Å². The van der Waals surface area contributed by atoms with Gasteiger partial charge in [-0.2, -0.15) is 0 Å². The van der Waals surface area contributed by atoms with Gasteiger partial charge in [0.25, 0.3) is 0 Å². The molecule has 3 heteroatoms. The number of anilines is 1. The number of rotatable bonds is 1. The van der Waals surface area contributed by atoms with E-state index in [1.165, 1.54) is 0 Å². The van der Waals surface area contributed by atoms with Crippen LogP contribution in [0.15, 0.2) is 36.5 Å². The first-order valence-electron chi connectivity index (χ1n) is 4.65. The molecule has 0 saturated heterocycles. The maximum Gasteiger partial charge on any atom is 0.0733 e. The van der Waals surface area contributed by atoms with Gasteiger partial charge in [-0.3, -0.25) is 4.98 Å². The molecule has 2 rings (SSSR count). The van der Waals surface area contributed by atoms with Crippen molar-refractivity contribution in [2.75, 3.05) is 5.73 Å². The summed E-state index contributed by atoms with van der Waals surface area (Å²) >= 11 is 5.93. The molecule has 0 bridgehead atoms. The predicted molar refractivity (Wildman–Crippen MR) is 63.8 cm³/mol. The van der Waals surface area contributed by atoms with Crippen LogP contribution in [-0.4, -0.2) is 4.98 Å². The van der Waals surface area contributed by atoms with Gasteiger partial charge in [-0.25, -0.2) is 0 Å². The largest absolute Gasteiger partial charge is 0.397 e. The van der Waals surface area contributed by atoms with Crippen molar-refractivity contribution in [3.63, 3.8) is 0 Å². The van der Waals surface area contributed by atoms with Gasteiger partial charge in [0.1, 0.15) is 0 Å². The number of hydrogen-bond acceptors (Lipinski definition) is 2. The Labute approximate surface area is 93.7 Å². The summed E-state index contributed by atoms with van der Waals surface area (Å²) in [7, 11) is 0. The van der Waals surface area contributed by atoms with Crippen LogP contribution < -0.4 is 5.73 Å². The highest BCUT2D eigenvalue weighted by Gasteiger charge is 2.03. The Hall–Kier alpha value is -1.54. The van der Waals surface area contributed by atoms with Gasteiger partial charge >= 0.3 is 0 Å². The molecule has 0 aliphatic rings. The zero-order chi connectivity index (χ0) is 10.8. The van der Waals surface area contributed by atoms with Gasteiger partial charge in [-0.15, -0.1) is 0 Å². The fourth-order valence-corrected chi connectivity index (χ4v) is 1.72. The molecule has 0 radical (unpaired) electrons. The highest BCUT2D eigenvalue weighted by atomic mass is 35.5. The first-order valence-corrected chi connectivity index (χ1v) is 5.02. The minimum absolute atomic E-state index is 0.679. The molecule has 2 N–H and O–H groups in total. The number of aromatic nitrogens is 1. The average Bonchev–Trinajstić information content (AvgIpc) is 2.17. The Balaban J connectivity index is 2.54. The predicted octanol–water partition coefficient (Wildman–Crippen LogP) is 3.29. The van der Waals surface area contributed by atoms with Crippen molar-refractivity contribution in [1.29, 1.82) is 0 Å². The van der Waals surface area contributed by atoms with E-state index in [1.807, 2.05) is 37.3 Å². The SMILES string of the molecule is Cc1cc(N)cnc1-c1cccc(Cl)c1. The van der Waals surface area contributed by atoms with E-state index in [2.05, 4.69) is 4.98 Å². The Morgan fingerprint density at radius 1 is 1.27 bits per heavy atom. The third-order valence-corrected chi connectivity index (χ3v) is 2.43. The highest BCUT2D eigenvalue weighted by molar-refractivity contribution is 6.30. The molecule has 0 unspecified atom stereocenters. The van der Waals surface area contributed by atoms with E-state index >= 15 is 0 Å². The Morgan fingerprint density at radius 3 is 2.73 bits per heavy atom. The molecular weight excluding hydrogens is 208 g/mol. The molecule has 2 nitrogen and oxygen atoms in total. The third kappa shape index (κ3) is 2.10. The van der Waals surface area contributed by atoms with E-state index in [4.69, 9.17) is 17.3 Å². The van der Waals surface area contributed by atoms with Gasteiger partial charge in [-0.1, -0.05) is 23.7 Å². The van der Waals surface area contributed by atoms with Gasteiger partial charge in [-0.05, 0) is 30.7 Å². The van der Waals surface area contributed by atoms with Crippen molar-refractivity contribution in [2.45, 2.75) is 6.92 Å². The normalized spacial score (nSPS) is 10.3. The van der Waals surface area contributed by atoms with E-state index in [0.29, 0.717) is 10.7 Å². The van der Waals surface area contributed by atoms with Crippen molar-refractivity contribution in [3.8, 4) is 11.3 Å². The molecule has 76 valence electrons. The fourth-order valence-electron chi connectivity index (χ4n) is 1.53. The van der Waals surface area contributed by atoms with Crippen LogP contribution in [0.3, 0.4) is 0 Å². The fraction of sp³-hybridized carbons (Fsp3) is 0.0833. The van der Waals surface area contributed by atoms with Crippen LogP contribution in [0.5, 0.6) is 0 Å². The van der Waals surface area contributed by atoms with Crippen LogP contribution in [0, 0.1) is 6.92 Å². The number of aryl methyl sites for hydroxylation is 1. The van der Waals surface area contributed by atoms with Crippen LogP contribution in [0.2, 0.25) is 5.02 Å². The lowest BCUT2D eigenvalue weighted by Crippen LogP contribution is -1.92. The minimum Gasteiger partial charge on any atom is -0.397 e. The van der Waals surface area contributed by atoms with Gasteiger partial charge < -0.3 is 5.73 Å². The zero-order valence-electron chi connectivity index (χ0n) is 8.37. The summed E-state index contributed by atoms with van der Waals surface area (Å²) in [5.41, 5.74) is 9.32. The first-order chi connectivity index (χ1) is 7.16. The number of nitrogens with zero attached hydrogens (tertiary/aromatic N) is 1. The molecule has 0 atom stereocenters. The van der Waals surface area contributed by atoms with Crippen LogP contribution in [0.4, 0.5) is 5.69 Å². The summed E-state index contributed by atoms with van der Waals surface area (Å²) in [4.78, 5) is 4.31. The van der Waals surface area contributed by atoms with Crippen LogP contribution in [-0.2, 0) is 0 Å². The van der Waals surface area contributed by atoms with Crippen LogP contribution in [0.1, 0.15) is 5.56 Å². The third-order valence-electron chi connectivity index (χ3n) is 2.20. The molecule has 1 aromatic heterocycles. The lowest BCUT2D eigenvalue weighted by Gasteiger charge is -2.05. The van der Waals surface area contributed by atoms with E-state index in [0.717, 1.165) is 16.8 Å². The molecule has 0 fully saturated rings. The smallest absolute Gasteiger partial charge is 0.0733 e. The Morgan fingerprint density at radius 2 is 2.07 bits per heavy atom. The van der Waals surface area contributed by atoms with Gasteiger partial charge in [0.15, 0.2) is 0 Å². The standard InChI is InChI=1S/C12H11ClN2/c1-8-5-11(14)7-15-12(8)9-3-2-4-10(13)6-9/h2-7H,14H2,1H3. The van der Waals surface area contributed by atoms with Gasteiger partial charge in [0.05, 0.1) is 17.6 Å². The van der Waals surface area contributed by atoms with Crippen molar-refractivity contribution >= 4 is 17.3 Å². The average molecular weight is 219 g/mol. The molecule has 0 aliphatic heterocycles. The summed E-state index contributed by atoms with van der Waals surface area (Å²) in [6, 6.07) is 9.54. The number of pyridine rings is 1. The van der Waals surface area contributed by atoms with E-state index in [1.54, 1.807) is 6.20 Å². The molecule has 0 aliphatic carbocycles. The number of nitrogens with two attached hydrogens (primary N) is 1. The quantitative estimate of drug-likeness (QED) is 0.798. The molecule has 1 aromatic carbocycles. The number of benzene rings is 1. The summed E-state index contributed by atoms with van der Waals surface area (Å²) in [5.74, 6) is 0. The molecule has 2 aromatic rings. The summed E-state index contributed by atoms with van der Waals surface area (Å²) < 4.78 is 0. The Kier molecular flexibility index (Phi) is 2.60. The molecule has 0 amide bonds. The lowest BCUT2D eigenvalue weighted by atomic mass is 10.1. The van der Waals surface area contributed by atoms with Crippen molar-refractivity contribution in [2.24, 2.45) is 0 Å². The minimum atomic E-state index is 0.679. The van der Waals surface area contributed by atoms with Gasteiger partial charge in [0.2, 0.25) is 0 Å². The van der Waals surface area contributed by atoms with E-state index < -0.39 is 0 Å². The van der Waals surface area contributed by atoms with Crippen LogP contribution >= 0.6 is 11.6 Å². The van der Waals surface area contributed by atoms with Crippen molar-refractivity contribution < 1.29 is 0 Å². The second kappa shape index (κ2) is 3.91. The second-order valence-corrected chi connectivity index (χ2v) is 3.88. The monoisotopic (exact) mass is 218 g/mol. The van der Waals surface area contributed by atoms with Crippen molar-refractivity contribution in [3.05, 3.63) is 47.1 Å². The number of hydrogen-bond donors (Lipinski definition) is 1. The second-order valence-electron chi connectivity index (χ2n) is 3.44. The molecule has 1 heterocycles. The zero-order valence-corrected chi connectivity index (χ0v) is 9.12. The molecule has 0 saturated carbocycles.